The fraction of sp³-hybridized carbons (Fsp3) is 0.0952. The van der Waals surface area contributed by atoms with Crippen molar-refractivity contribution in [3.63, 3.8) is 0 Å². The first-order valence-corrected chi connectivity index (χ1v) is 8.42. The van der Waals surface area contributed by atoms with Crippen molar-refractivity contribution in [2.75, 3.05) is 6.61 Å². The molecule has 3 aromatic rings. The number of ether oxygens (including phenoxy) is 1. The highest BCUT2D eigenvalue weighted by Gasteiger charge is 2.04. The van der Waals surface area contributed by atoms with E-state index in [0.29, 0.717) is 5.75 Å². The maximum atomic E-state index is 11.9. The number of aromatic nitrogens is 1. The normalized spacial score (nSPS) is 10.7. The van der Waals surface area contributed by atoms with Crippen molar-refractivity contribution in [3.8, 4) is 5.75 Å². The van der Waals surface area contributed by atoms with Gasteiger partial charge in [0, 0.05) is 23.2 Å². The second kappa shape index (κ2) is 8.62. The maximum Gasteiger partial charge on any atom is 0.276 e. The Hall–Kier alpha value is -3.67. The number of aryl methyl sites for hydroxylation is 1. The highest BCUT2D eigenvalue weighted by atomic mass is 16.5. The van der Waals surface area contributed by atoms with Crippen LogP contribution in [0.2, 0.25) is 0 Å². The van der Waals surface area contributed by atoms with Crippen molar-refractivity contribution < 1.29 is 14.3 Å². The van der Waals surface area contributed by atoms with Gasteiger partial charge in [-0.1, -0.05) is 42.0 Å². The Morgan fingerprint density at radius 2 is 1.81 bits per heavy atom. The molecule has 0 saturated carbocycles. The number of carbonyl (C=O) groups is 2. The van der Waals surface area contributed by atoms with Crippen LogP contribution in [0.4, 0.5) is 0 Å². The van der Waals surface area contributed by atoms with Gasteiger partial charge in [0.25, 0.3) is 11.8 Å². The lowest BCUT2D eigenvalue weighted by Crippen LogP contribution is -2.43. The van der Waals surface area contributed by atoms with Gasteiger partial charge in [-0.25, -0.2) is 0 Å². The second-order valence-electron chi connectivity index (χ2n) is 5.89. The number of amides is 2. The van der Waals surface area contributed by atoms with Crippen LogP contribution in [0.25, 0.3) is 17.0 Å². The van der Waals surface area contributed by atoms with Crippen molar-refractivity contribution >= 4 is 28.8 Å². The minimum absolute atomic E-state index is 0.194. The van der Waals surface area contributed by atoms with Crippen molar-refractivity contribution in [2.45, 2.75) is 6.92 Å². The molecule has 0 unspecified atom stereocenters. The predicted molar refractivity (Wildman–Crippen MR) is 104 cm³/mol. The number of nitrogens with one attached hydrogen (secondary N) is 2. The lowest BCUT2D eigenvalue weighted by Gasteiger charge is -2.07. The lowest BCUT2D eigenvalue weighted by atomic mass is 10.1. The average molecular weight is 361 g/mol. The number of rotatable bonds is 5. The first-order chi connectivity index (χ1) is 13.1. The summed E-state index contributed by atoms with van der Waals surface area (Å²) in [5.74, 6) is -0.318. The molecular formula is C21H19N3O3. The number of carbonyl (C=O) groups excluding carboxylic acids is 2. The minimum Gasteiger partial charge on any atom is -0.484 e. The minimum atomic E-state index is -0.454. The van der Waals surface area contributed by atoms with E-state index in [1.807, 2.05) is 49.4 Å². The SMILES string of the molecule is Cc1ccc(OCC(=O)NNC(=O)/C=C/c2cccc3cccnc23)cc1. The number of fused-ring (bicyclic) bond motifs is 1. The van der Waals surface area contributed by atoms with E-state index in [4.69, 9.17) is 4.74 Å². The summed E-state index contributed by atoms with van der Waals surface area (Å²) < 4.78 is 5.34. The summed E-state index contributed by atoms with van der Waals surface area (Å²) in [4.78, 5) is 28.0. The van der Waals surface area contributed by atoms with Crippen LogP contribution in [0, 0.1) is 6.92 Å². The Morgan fingerprint density at radius 3 is 2.63 bits per heavy atom. The molecule has 0 aliphatic carbocycles. The summed E-state index contributed by atoms with van der Waals surface area (Å²) in [5, 5.41) is 0.988. The topological polar surface area (TPSA) is 80.3 Å². The third-order valence-corrected chi connectivity index (χ3v) is 3.79. The number of benzene rings is 2. The van der Waals surface area contributed by atoms with Crippen LogP contribution in [0.1, 0.15) is 11.1 Å². The smallest absolute Gasteiger partial charge is 0.276 e. The monoisotopic (exact) mass is 361 g/mol. The van der Waals surface area contributed by atoms with Gasteiger partial charge in [-0.3, -0.25) is 25.4 Å². The third kappa shape index (κ3) is 5.15. The Balaban J connectivity index is 1.49. The predicted octanol–water partition coefficient (Wildman–Crippen LogP) is 2.78. The van der Waals surface area contributed by atoms with Crippen molar-refractivity contribution in [1.82, 2.24) is 15.8 Å². The molecule has 0 saturated heterocycles. The first kappa shape index (κ1) is 18.1. The van der Waals surface area contributed by atoms with Crippen LogP contribution in [-0.2, 0) is 9.59 Å². The van der Waals surface area contributed by atoms with Crippen molar-refractivity contribution in [1.29, 1.82) is 0 Å². The molecule has 2 aromatic carbocycles. The molecule has 2 N–H and O–H groups in total. The van der Waals surface area contributed by atoms with E-state index >= 15 is 0 Å². The highest BCUT2D eigenvalue weighted by Crippen LogP contribution is 2.17. The molecule has 0 aliphatic rings. The maximum absolute atomic E-state index is 11.9. The van der Waals surface area contributed by atoms with Gasteiger partial charge in [0.1, 0.15) is 5.75 Å². The first-order valence-electron chi connectivity index (χ1n) is 8.42. The van der Waals surface area contributed by atoms with Gasteiger partial charge in [0.2, 0.25) is 0 Å². The zero-order valence-corrected chi connectivity index (χ0v) is 14.8. The Bertz CT molecular complexity index is 976. The Labute approximate surface area is 156 Å². The largest absolute Gasteiger partial charge is 0.484 e. The van der Waals surface area contributed by atoms with Gasteiger partial charge < -0.3 is 4.74 Å². The molecule has 0 radical (unpaired) electrons. The van der Waals surface area contributed by atoms with Crippen LogP contribution in [0.5, 0.6) is 5.75 Å². The summed E-state index contributed by atoms with van der Waals surface area (Å²) in [7, 11) is 0. The van der Waals surface area contributed by atoms with Gasteiger partial charge in [-0.2, -0.15) is 0 Å². The quantitative estimate of drug-likeness (QED) is 0.541. The summed E-state index contributed by atoms with van der Waals surface area (Å²) in [6, 6.07) is 16.9. The standard InChI is InChI=1S/C21H19N3O3/c1-15-7-10-18(11-8-15)27-14-20(26)24-23-19(25)12-9-17-5-2-4-16-6-3-13-22-21(16)17/h2-13H,14H2,1H3,(H,23,25)(H,24,26)/b12-9+. The molecule has 27 heavy (non-hydrogen) atoms. The van der Waals surface area contributed by atoms with Crippen LogP contribution < -0.4 is 15.6 Å². The van der Waals surface area contributed by atoms with Crippen LogP contribution in [0.3, 0.4) is 0 Å². The summed E-state index contributed by atoms with van der Waals surface area (Å²) >= 11 is 0. The van der Waals surface area contributed by atoms with Gasteiger partial charge in [0.15, 0.2) is 6.61 Å². The number of hydrogen-bond donors (Lipinski definition) is 2. The number of nitrogens with zero attached hydrogens (tertiary/aromatic N) is 1. The van der Waals surface area contributed by atoms with E-state index in [9.17, 15) is 9.59 Å². The van der Waals surface area contributed by atoms with Gasteiger partial charge in [0.05, 0.1) is 5.52 Å². The lowest BCUT2D eigenvalue weighted by molar-refractivity contribution is -0.128. The highest BCUT2D eigenvalue weighted by molar-refractivity contribution is 5.96. The molecule has 0 aliphatic heterocycles. The molecule has 0 bridgehead atoms. The van der Waals surface area contributed by atoms with E-state index in [-0.39, 0.29) is 6.61 Å². The molecule has 6 heteroatoms. The van der Waals surface area contributed by atoms with E-state index in [1.165, 1.54) is 6.08 Å². The molecule has 0 spiro atoms. The number of pyridine rings is 1. The fourth-order valence-corrected chi connectivity index (χ4v) is 2.42. The molecule has 0 fully saturated rings. The Morgan fingerprint density at radius 1 is 1.04 bits per heavy atom. The molecule has 3 rings (SSSR count). The third-order valence-electron chi connectivity index (χ3n) is 3.79. The van der Waals surface area contributed by atoms with Gasteiger partial charge >= 0.3 is 0 Å². The van der Waals surface area contributed by atoms with E-state index in [0.717, 1.165) is 22.0 Å². The van der Waals surface area contributed by atoms with Crippen molar-refractivity contribution in [3.05, 3.63) is 78.0 Å². The number of hydrazine groups is 1. The van der Waals surface area contributed by atoms with Gasteiger partial charge in [-0.15, -0.1) is 0 Å². The fourth-order valence-electron chi connectivity index (χ4n) is 2.42. The van der Waals surface area contributed by atoms with E-state index in [1.54, 1.807) is 24.4 Å². The zero-order valence-electron chi connectivity index (χ0n) is 14.8. The molecule has 1 heterocycles. The van der Waals surface area contributed by atoms with E-state index < -0.39 is 11.8 Å². The molecule has 0 atom stereocenters. The molecule has 136 valence electrons. The second-order valence-corrected chi connectivity index (χ2v) is 5.89. The Kier molecular flexibility index (Phi) is 5.79. The van der Waals surface area contributed by atoms with Crippen LogP contribution in [-0.4, -0.2) is 23.4 Å². The average Bonchev–Trinajstić information content (AvgIpc) is 2.70. The number of hydrogen-bond acceptors (Lipinski definition) is 4. The summed E-state index contributed by atoms with van der Waals surface area (Å²) in [6.07, 6.45) is 4.69. The molecule has 6 nitrogen and oxygen atoms in total. The summed E-state index contributed by atoms with van der Waals surface area (Å²) in [6.45, 7) is 1.77. The van der Waals surface area contributed by atoms with Gasteiger partial charge in [-0.05, 0) is 31.2 Å². The molecule has 1 aromatic heterocycles. The molecular weight excluding hydrogens is 342 g/mol. The van der Waals surface area contributed by atoms with E-state index in [2.05, 4.69) is 15.8 Å². The number of para-hydroxylation sites is 1. The zero-order chi connectivity index (χ0) is 19.1. The molecule has 2 amide bonds. The van der Waals surface area contributed by atoms with Crippen LogP contribution >= 0.6 is 0 Å². The van der Waals surface area contributed by atoms with Crippen molar-refractivity contribution in [2.24, 2.45) is 0 Å². The summed E-state index contributed by atoms with van der Waals surface area (Å²) in [5.41, 5.74) is 7.35. The van der Waals surface area contributed by atoms with Crippen LogP contribution in [0.15, 0.2) is 66.9 Å².